The molecule has 0 atom stereocenters. The van der Waals surface area contributed by atoms with Crippen LogP contribution in [-0.4, -0.2) is 20.6 Å². The van der Waals surface area contributed by atoms with E-state index in [1.807, 2.05) is 16.7 Å². The van der Waals surface area contributed by atoms with Gasteiger partial charge in [0.05, 0.1) is 26.8 Å². The number of hydrogen-bond acceptors (Lipinski definition) is 3. The van der Waals surface area contributed by atoms with Crippen LogP contribution in [0.5, 0.6) is 5.75 Å². The molecule has 146 valence electrons. The molecule has 5 nitrogen and oxygen atoms in total. The summed E-state index contributed by atoms with van der Waals surface area (Å²) in [5.41, 5.74) is 2.20. The summed E-state index contributed by atoms with van der Waals surface area (Å²) in [6, 6.07) is 12.4. The minimum Gasteiger partial charge on any atom is -0.506 e. The van der Waals surface area contributed by atoms with Gasteiger partial charge >= 0.3 is 0 Å². The first kappa shape index (κ1) is 19.6. The molecule has 0 aliphatic rings. The fraction of sp³-hybridized carbons (Fsp3) is 0.0476. The normalized spacial score (nSPS) is 11.0. The minimum absolute atomic E-state index is 0.0792. The molecule has 0 unspecified atom stereocenters. The van der Waals surface area contributed by atoms with Gasteiger partial charge < -0.3 is 15.0 Å². The zero-order valence-electron chi connectivity index (χ0n) is 14.9. The molecule has 4 aromatic rings. The lowest BCUT2D eigenvalue weighted by atomic mass is 10.1. The van der Waals surface area contributed by atoms with Crippen molar-refractivity contribution in [3.05, 3.63) is 87.2 Å². The molecule has 0 aliphatic heterocycles. The number of anilines is 1. The number of nitrogens with zero attached hydrogens (tertiary/aromatic N) is 2. The number of carbonyl (C=O) groups is 1. The average Bonchev–Trinajstić information content (AvgIpc) is 3.06. The van der Waals surface area contributed by atoms with E-state index in [0.717, 1.165) is 5.56 Å². The van der Waals surface area contributed by atoms with E-state index in [1.165, 1.54) is 12.4 Å². The Kier molecular flexibility index (Phi) is 5.37. The quantitative estimate of drug-likeness (QED) is 0.404. The van der Waals surface area contributed by atoms with Crippen LogP contribution in [0.3, 0.4) is 0 Å². The van der Waals surface area contributed by atoms with Crippen molar-refractivity contribution >= 4 is 57.3 Å². The number of benzene rings is 2. The summed E-state index contributed by atoms with van der Waals surface area (Å²) >= 11 is 18.2. The van der Waals surface area contributed by atoms with Crippen LogP contribution in [-0.2, 0) is 6.54 Å². The second-order valence-corrected chi connectivity index (χ2v) is 7.65. The highest BCUT2D eigenvalue weighted by Crippen LogP contribution is 2.33. The third-order valence-electron chi connectivity index (χ3n) is 4.48. The molecule has 1 amide bonds. The topological polar surface area (TPSA) is 67.2 Å². The molecule has 0 aliphatic carbocycles. The number of nitrogens with one attached hydrogen (secondary N) is 1. The molecule has 2 aromatic carbocycles. The largest absolute Gasteiger partial charge is 0.506 e. The highest BCUT2D eigenvalue weighted by molar-refractivity contribution is 6.39. The first-order valence-electron chi connectivity index (χ1n) is 8.59. The van der Waals surface area contributed by atoms with E-state index in [1.54, 1.807) is 36.5 Å². The average molecular weight is 447 g/mol. The smallest absolute Gasteiger partial charge is 0.257 e. The summed E-state index contributed by atoms with van der Waals surface area (Å²) < 4.78 is 1.82. The predicted octanol–water partition coefficient (Wildman–Crippen LogP) is 6.00. The van der Waals surface area contributed by atoms with E-state index >= 15 is 0 Å². The van der Waals surface area contributed by atoms with Crippen LogP contribution in [0.1, 0.15) is 15.9 Å². The van der Waals surface area contributed by atoms with E-state index < -0.39 is 5.91 Å². The van der Waals surface area contributed by atoms with Crippen LogP contribution in [0.25, 0.3) is 10.9 Å². The minimum atomic E-state index is -0.398. The standard InChI is InChI=1S/C21H14Cl3N3O2/c22-13-6-4-12(5-7-13)10-27-11-15(14-2-1-3-18(28)20(14)27)21(29)26-19-16(23)8-25-9-17(19)24/h1-9,11,28H,10H2,(H,25,26,29). The number of amides is 1. The fourth-order valence-corrected chi connectivity index (χ4v) is 3.73. The lowest BCUT2D eigenvalue weighted by molar-refractivity contribution is 0.102. The van der Waals surface area contributed by atoms with Gasteiger partial charge in [-0.2, -0.15) is 0 Å². The Balaban J connectivity index is 1.76. The summed E-state index contributed by atoms with van der Waals surface area (Å²) in [5, 5.41) is 14.9. The van der Waals surface area contributed by atoms with Gasteiger partial charge in [0.15, 0.2) is 0 Å². The molecule has 0 fully saturated rings. The van der Waals surface area contributed by atoms with Gasteiger partial charge in [0.2, 0.25) is 0 Å². The van der Waals surface area contributed by atoms with Crippen LogP contribution >= 0.6 is 34.8 Å². The summed E-state index contributed by atoms with van der Waals surface area (Å²) in [5.74, 6) is -0.319. The first-order chi connectivity index (χ1) is 13.9. The van der Waals surface area contributed by atoms with E-state index in [0.29, 0.717) is 28.0 Å². The Bertz CT molecular complexity index is 1200. The van der Waals surface area contributed by atoms with Gasteiger partial charge in [-0.15, -0.1) is 0 Å². The molecule has 2 heterocycles. The fourth-order valence-electron chi connectivity index (χ4n) is 3.14. The molecule has 2 N–H and O–H groups in total. The number of halogens is 3. The van der Waals surface area contributed by atoms with Gasteiger partial charge in [0, 0.05) is 35.5 Å². The van der Waals surface area contributed by atoms with E-state index in [4.69, 9.17) is 34.8 Å². The molecule has 0 saturated heterocycles. The number of carbonyl (C=O) groups excluding carboxylic acids is 1. The zero-order valence-corrected chi connectivity index (χ0v) is 17.1. The van der Waals surface area contributed by atoms with Crippen molar-refractivity contribution in [2.75, 3.05) is 5.32 Å². The van der Waals surface area contributed by atoms with E-state index in [2.05, 4.69) is 10.3 Å². The van der Waals surface area contributed by atoms with Crippen molar-refractivity contribution in [3.63, 3.8) is 0 Å². The van der Waals surface area contributed by atoms with Crippen molar-refractivity contribution in [2.45, 2.75) is 6.54 Å². The van der Waals surface area contributed by atoms with Gasteiger partial charge in [0.25, 0.3) is 5.91 Å². The Morgan fingerprint density at radius 2 is 1.72 bits per heavy atom. The van der Waals surface area contributed by atoms with Crippen LogP contribution in [0.4, 0.5) is 5.69 Å². The summed E-state index contributed by atoms with van der Waals surface area (Å²) in [4.78, 5) is 16.9. The number of phenols is 1. The maximum absolute atomic E-state index is 13.0. The number of para-hydroxylation sites is 1. The van der Waals surface area contributed by atoms with Gasteiger partial charge in [0.1, 0.15) is 5.75 Å². The second kappa shape index (κ2) is 7.95. The molecule has 2 aromatic heterocycles. The number of pyridine rings is 1. The maximum atomic E-state index is 13.0. The monoisotopic (exact) mass is 445 g/mol. The van der Waals surface area contributed by atoms with E-state index in [-0.39, 0.29) is 21.5 Å². The molecule has 8 heteroatoms. The van der Waals surface area contributed by atoms with Crippen LogP contribution < -0.4 is 5.32 Å². The Morgan fingerprint density at radius 1 is 1.03 bits per heavy atom. The second-order valence-electron chi connectivity index (χ2n) is 6.40. The van der Waals surface area contributed by atoms with Crippen LogP contribution in [0, 0.1) is 0 Å². The molecule has 0 spiro atoms. The number of fused-ring (bicyclic) bond motifs is 1. The summed E-state index contributed by atoms with van der Waals surface area (Å²) in [7, 11) is 0. The van der Waals surface area contributed by atoms with Crippen molar-refractivity contribution < 1.29 is 9.90 Å². The van der Waals surface area contributed by atoms with Gasteiger partial charge in [-0.1, -0.05) is 59.1 Å². The molecule has 0 radical (unpaired) electrons. The molecular weight excluding hydrogens is 433 g/mol. The summed E-state index contributed by atoms with van der Waals surface area (Å²) in [6.45, 7) is 0.454. The lowest BCUT2D eigenvalue weighted by Gasteiger charge is -2.08. The van der Waals surface area contributed by atoms with Crippen LogP contribution in [0.15, 0.2) is 61.1 Å². The van der Waals surface area contributed by atoms with Gasteiger partial charge in [-0.05, 0) is 23.8 Å². The van der Waals surface area contributed by atoms with E-state index in [9.17, 15) is 9.90 Å². The van der Waals surface area contributed by atoms with Crippen molar-refractivity contribution in [3.8, 4) is 5.75 Å². The third kappa shape index (κ3) is 3.90. The molecule has 4 rings (SSSR count). The van der Waals surface area contributed by atoms with Crippen molar-refractivity contribution in [1.29, 1.82) is 0 Å². The predicted molar refractivity (Wildman–Crippen MR) is 116 cm³/mol. The maximum Gasteiger partial charge on any atom is 0.257 e. The molecule has 0 saturated carbocycles. The molecule has 29 heavy (non-hydrogen) atoms. The number of phenolic OH excluding ortho intramolecular Hbond substituents is 1. The van der Waals surface area contributed by atoms with Gasteiger partial charge in [-0.3, -0.25) is 9.78 Å². The van der Waals surface area contributed by atoms with Crippen molar-refractivity contribution in [1.82, 2.24) is 9.55 Å². The number of hydrogen-bond donors (Lipinski definition) is 2. The van der Waals surface area contributed by atoms with Crippen molar-refractivity contribution in [2.24, 2.45) is 0 Å². The first-order valence-corrected chi connectivity index (χ1v) is 9.73. The number of aromatic nitrogens is 2. The third-order valence-corrected chi connectivity index (χ3v) is 5.30. The Morgan fingerprint density at radius 3 is 2.41 bits per heavy atom. The summed E-state index contributed by atoms with van der Waals surface area (Å²) in [6.07, 6.45) is 4.49. The number of rotatable bonds is 4. The Labute approximate surface area is 181 Å². The number of aromatic hydroxyl groups is 1. The van der Waals surface area contributed by atoms with Crippen LogP contribution in [0.2, 0.25) is 15.1 Å². The highest BCUT2D eigenvalue weighted by atomic mass is 35.5. The Hall–Kier alpha value is -2.73. The van der Waals surface area contributed by atoms with Gasteiger partial charge in [-0.25, -0.2) is 0 Å². The zero-order chi connectivity index (χ0) is 20.5. The lowest BCUT2D eigenvalue weighted by Crippen LogP contribution is -2.12. The molecular formula is C21H14Cl3N3O2. The molecule has 0 bridgehead atoms. The SMILES string of the molecule is O=C(Nc1c(Cl)cncc1Cl)c1cn(Cc2ccc(Cl)cc2)c2c(O)cccc12. The highest BCUT2D eigenvalue weighted by Gasteiger charge is 2.19.